The van der Waals surface area contributed by atoms with Crippen molar-refractivity contribution in [1.82, 2.24) is 8.61 Å². The molecule has 3 aliphatic rings. The van der Waals surface area contributed by atoms with Crippen molar-refractivity contribution in [2.75, 3.05) is 51.8 Å². The maximum absolute atomic E-state index is 11.2. The van der Waals surface area contributed by atoms with Gasteiger partial charge in [0.05, 0.1) is 25.0 Å². The average Bonchev–Trinajstić information content (AvgIpc) is 3.60. The van der Waals surface area contributed by atoms with Gasteiger partial charge in [-0.2, -0.15) is 4.31 Å². The summed E-state index contributed by atoms with van der Waals surface area (Å²) in [7, 11) is 27.3. The number of aliphatic hydroxyl groups excluding tert-OH is 3. The van der Waals surface area contributed by atoms with E-state index in [-0.39, 0.29) is 202 Å². The van der Waals surface area contributed by atoms with E-state index in [0.717, 1.165) is 23.4 Å². The van der Waals surface area contributed by atoms with E-state index in [1.165, 1.54) is 13.3 Å². The van der Waals surface area contributed by atoms with Gasteiger partial charge in [0.2, 0.25) is 20.0 Å². The fraction of sp³-hybridized carbons (Fsp3) is 0.913. The number of carbonyl (C=O) groups excluding carboxylic acids is 1. The van der Waals surface area contributed by atoms with Crippen LogP contribution >= 0.6 is 0 Å². The van der Waals surface area contributed by atoms with Crippen molar-refractivity contribution in [3.63, 3.8) is 0 Å². The fourth-order valence-corrected chi connectivity index (χ4v) is 4.99. The summed E-state index contributed by atoms with van der Waals surface area (Å²) in [5.41, 5.74) is 0.0291. The number of hydrogen-bond acceptors (Lipinski definition) is 8. The van der Waals surface area contributed by atoms with Crippen LogP contribution in [0.15, 0.2) is 0 Å². The molecule has 2 aliphatic heterocycles. The summed E-state index contributed by atoms with van der Waals surface area (Å²) >= 11 is 0. The molecule has 0 aromatic rings. The van der Waals surface area contributed by atoms with Crippen molar-refractivity contribution in [1.29, 1.82) is 0 Å². The zero-order valence-corrected chi connectivity index (χ0v) is 45.3. The van der Waals surface area contributed by atoms with Crippen LogP contribution in [0.2, 0.25) is 0 Å². The Hall–Kier alpha value is 4.17. The zero-order valence-electron chi connectivity index (χ0n) is 32.2. The van der Waals surface area contributed by atoms with Gasteiger partial charge < -0.3 is 38.2 Å². The molecular weight excluding hydrogens is 862 g/mol. The van der Waals surface area contributed by atoms with E-state index in [2.05, 4.69) is 10.6 Å². The molecule has 0 aromatic heterocycles. The Morgan fingerprint density at radius 2 is 1.12 bits per heavy atom. The van der Waals surface area contributed by atoms with E-state index < -0.39 is 39.2 Å². The van der Waals surface area contributed by atoms with Gasteiger partial charge >= 0.3 is 116 Å². The Balaban J connectivity index is -0.0000000752. The number of carbonyl (C=O) groups is 1. The molecule has 0 aromatic carbocycles. The van der Waals surface area contributed by atoms with E-state index >= 15 is 0 Å². The third-order valence-corrected chi connectivity index (χ3v) is 8.04. The Morgan fingerprint density at radius 1 is 0.784 bits per heavy atom. The Kier molecular flexibility index (Phi) is 54.7. The van der Waals surface area contributed by atoms with Crippen LogP contribution in [0.5, 0.6) is 0 Å². The second-order valence-electron chi connectivity index (χ2n) is 11.9. The summed E-state index contributed by atoms with van der Waals surface area (Å²) < 4.78 is 46.8. The summed E-state index contributed by atoms with van der Waals surface area (Å²) in [4.78, 5) is 10.6. The van der Waals surface area contributed by atoms with Crippen LogP contribution in [0.4, 0.5) is 0 Å². The summed E-state index contributed by atoms with van der Waals surface area (Å²) in [6.07, 6.45) is 1.85. The van der Waals surface area contributed by atoms with E-state index in [0.29, 0.717) is 26.2 Å². The summed E-state index contributed by atoms with van der Waals surface area (Å²) in [6, 6.07) is 0. The van der Waals surface area contributed by atoms with Crippen molar-refractivity contribution in [3.05, 3.63) is 18.1 Å². The number of sulfonamides is 2. The monoisotopic (exact) mass is 916 g/mol. The molecule has 1 aliphatic carbocycles. The minimum atomic E-state index is -3.21. The summed E-state index contributed by atoms with van der Waals surface area (Å²) in [5.74, 6) is -0.360. The van der Waals surface area contributed by atoms with Crippen LogP contribution < -0.4 is 116 Å². The number of piperazine rings is 2. The van der Waals surface area contributed by atoms with Crippen LogP contribution in [0.3, 0.4) is 0 Å². The van der Waals surface area contributed by atoms with E-state index in [1.54, 1.807) is 45.8 Å². The van der Waals surface area contributed by atoms with E-state index in [1.807, 2.05) is 0 Å². The van der Waals surface area contributed by atoms with Crippen LogP contribution in [-0.2, 0) is 46.6 Å². The smallest absolute Gasteiger partial charge is 0.655 e. The second kappa shape index (κ2) is 38.4. The standard InChI is InChI=1S/C7H13N2O2S.C5H10N2O3S.3C3H8O.CH4.CH3.B11.2Rb.Ti/c1-12(10,11)9-5-4-8-7(6-9)2-3-7;1-11(9,10)7-3-2-6-5(8)4-7;3*1-3(2)4;;;1-7-10(6)11(8(2)3)9(4)5;;;/h2-6H2,1H3;2-4H2,1H3,(H,6,8);3*3-4H,1-2H3;1H4;1H3;;;;/q-1;;;;;;-1;;2*+1;/p-1. The summed E-state index contributed by atoms with van der Waals surface area (Å²) in [5, 5.41) is 32.1. The van der Waals surface area contributed by atoms with Crippen LogP contribution in [-0.4, -0.2) is 201 Å². The minimum Gasteiger partial charge on any atom is -0.655 e. The first kappa shape index (κ1) is 72.8. The molecule has 3 rings (SSSR count). The molecule has 0 unspecified atom stereocenters. The van der Waals surface area contributed by atoms with Crippen molar-refractivity contribution >= 4 is 105 Å². The van der Waals surface area contributed by atoms with Gasteiger partial charge in [0.1, 0.15) is 0 Å². The van der Waals surface area contributed by atoms with Gasteiger partial charge in [0.25, 0.3) is 0 Å². The molecule has 1 saturated carbocycles. The van der Waals surface area contributed by atoms with Gasteiger partial charge in [0, 0.05) is 126 Å². The third-order valence-electron chi connectivity index (χ3n) is 5.54. The molecule has 3 fully saturated rings. The molecule has 3 N–H and O–H groups in total. The van der Waals surface area contributed by atoms with Crippen LogP contribution in [0, 0.1) is 7.43 Å². The van der Waals surface area contributed by atoms with Gasteiger partial charge in [-0.25, -0.2) is 21.1 Å². The molecule has 12 nitrogen and oxygen atoms in total. The first-order valence-corrected chi connectivity index (χ1v) is 18.6. The summed E-state index contributed by atoms with van der Waals surface area (Å²) in [6.45, 7) is 12.7. The van der Waals surface area contributed by atoms with Crippen molar-refractivity contribution in [2.45, 2.75) is 85.7 Å². The molecule has 28 heteroatoms. The fourth-order valence-electron chi connectivity index (χ4n) is 3.35. The molecule has 0 bridgehead atoms. The normalized spacial score (nSPS) is 15.4. The first-order valence-electron chi connectivity index (χ1n) is 14.9. The van der Waals surface area contributed by atoms with Crippen molar-refractivity contribution < 1.29 is 175 Å². The van der Waals surface area contributed by atoms with Crippen molar-refractivity contribution in [3.8, 4) is 0 Å². The van der Waals surface area contributed by atoms with E-state index in [9.17, 15) is 21.6 Å². The van der Waals surface area contributed by atoms with Gasteiger partial charge in [-0.1, -0.05) is 20.3 Å². The van der Waals surface area contributed by atoms with Crippen LogP contribution in [0.25, 0.3) is 10.6 Å². The molecule has 0 atom stereocenters. The van der Waals surface area contributed by atoms with Gasteiger partial charge in [-0.3, -0.25) is 0 Å². The molecule has 1 amide bonds. The van der Waals surface area contributed by atoms with Crippen LogP contribution in [0.1, 0.15) is 61.8 Å². The molecule has 2 saturated heterocycles. The topological polar surface area (TPSA) is 181 Å². The Labute approximate surface area is 436 Å². The number of aliphatic hydroxyl groups is 3. The predicted octanol–water partition coefficient (Wildman–Crippen LogP) is -8.61. The number of hydrogen-bond donors (Lipinski definition) is 3. The number of rotatable bonds is 6. The molecule has 265 valence electrons. The Morgan fingerprint density at radius 3 is 1.33 bits per heavy atom. The maximum atomic E-state index is 11.2. The van der Waals surface area contributed by atoms with Gasteiger partial charge in [-0.15, -0.1) is 18.6 Å². The van der Waals surface area contributed by atoms with Gasteiger partial charge in [0.15, 0.2) is 0 Å². The van der Waals surface area contributed by atoms with Crippen molar-refractivity contribution in [2.24, 2.45) is 0 Å². The molecule has 51 heavy (non-hydrogen) atoms. The predicted molar refractivity (Wildman–Crippen MR) is 215 cm³/mol. The largest absolute Gasteiger partial charge is 1.00 e. The first-order chi connectivity index (χ1) is 20.7. The molecule has 13 radical (unpaired) electrons. The quantitative estimate of drug-likeness (QED) is 0.174. The number of nitrogens with zero attached hydrogens (tertiary/aromatic N) is 4. The number of amides is 1. The molecule has 1 spiro atoms. The Bertz CT molecular complexity index is 1020. The zero-order chi connectivity index (χ0) is 37.1. The minimum absolute atomic E-state index is 0. The molecular formula is C23H53B11N4O8Rb2S2Ti-. The maximum Gasteiger partial charge on any atom is 1.00 e. The molecule has 2 heterocycles. The second-order valence-corrected chi connectivity index (χ2v) is 15.8. The SMILES string of the molecule is C.CC(C)O.CC(C)O.CC(C)O.CS(=O)(=O)N1CC[N-]C(=O)C1.CS(=O)(=O)N1CC[N-]C2(CC2)C1.[B][B]B([B])B(B([B])[B])B([B])[B].[CH3-].[Rb+].[Rb+].[Ti]. The third kappa shape index (κ3) is 45.1. The average molecular weight is 916 g/mol. The van der Waals surface area contributed by atoms with Gasteiger partial charge in [-0.05, 0) is 54.6 Å². The van der Waals surface area contributed by atoms with E-state index in [4.69, 9.17) is 61.7 Å².